The first-order valence-electron chi connectivity index (χ1n) is 6.91. The van der Waals surface area contributed by atoms with E-state index < -0.39 is 0 Å². The Hall–Kier alpha value is -1.09. The lowest BCUT2D eigenvalue weighted by molar-refractivity contribution is 0.227. The highest BCUT2D eigenvalue weighted by atomic mass is 16.5. The zero-order valence-corrected chi connectivity index (χ0v) is 11.6. The van der Waals surface area contributed by atoms with Crippen LogP contribution < -0.4 is 10.1 Å². The Kier molecular flexibility index (Phi) is 4.59. The van der Waals surface area contributed by atoms with Crippen molar-refractivity contribution in [1.82, 2.24) is 10.3 Å². The minimum absolute atomic E-state index is 0.646. The average molecular weight is 248 g/mol. The molecule has 0 bridgehead atoms. The van der Waals surface area contributed by atoms with Crippen LogP contribution >= 0.6 is 0 Å². The van der Waals surface area contributed by atoms with Gasteiger partial charge in [0.25, 0.3) is 0 Å². The number of hydrogen-bond acceptors (Lipinski definition) is 3. The minimum atomic E-state index is 0.646. The Morgan fingerprint density at radius 3 is 3.00 bits per heavy atom. The van der Waals surface area contributed by atoms with Gasteiger partial charge in [0.2, 0.25) is 5.88 Å². The number of hydrogen-bond donors (Lipinski definition) is 1. The van der Waals surface area contributed by atoms with E-state index in [1.807, 2.05) is 18.3 Å². The molecule has 1 aromatic heterocycles. The van der Waals surface area contributed by atoms with Gasteiger partial charge in [-0.2, -0.15) is 0 Å². The summed E-state index contributed by atoms with van der Waals surface area (Å²) in [5.74, 6) is 2.33. The van der Waals surface area contributed by atoms with Crippen molar-refractivity contribution < 1.29 is 4.74 Å². The Morgan fingerprint density at radius 1 is 1.39 bits per heavy atom. The lowest BCUT2D eigenvalue weighted by Gasteiger charge is -2.33. The molecule has 18 heavy (non-hydrogen) atoms. The van der Waals surface area contributed by atoms with E-state index in [-0.39, 0.29) is 0 Å². The quantitative estimate of drug-likeness (QED) is 0.889. The predicted octanol–water partition coefficient (Wildman–Crippen LogP) is 3.00. The van der Waals surface area contributed by atoms with Crippen LogP contribution in [0.3, 0.4) is 0 Å². The number of nitrogens with zero attached hydrogens (tertiary/aromatic N) is 1. The van der Waals surface area contributed by atoms with Crippen molar-refractivity contribution in [2.45, 2.75) is 45.7 Å². The van der Waals surface area contributed by atoms with E-state index in [1.54, 1.807) is 7.11 Å². The lowest BCUT2D eigenvalue weighted by atomic mass is 9.80. The Balaban J connectivity index is 1.89. The van der Waals surface area contributed by atoms with Crippen LogP contribution in [0.4, 0.5) is 0 Å². The molecule has 2 rings (SSSR count). The number of nitrogens with one attached hydrogen (secondary N) is 1. The highest BCUT2D eigenvalue weighted by Gasteiger charge is 2.24. The van der Waals surface area contributed by atoms with E-state index in [0.29, 0.717) is 11.9 Å². The molecule has 0 spiro atoms. The maximum absolute atomic E-state index is 5.15. The fourth-order valence-electron chi connectivity index (χ4n) is 2.74. The van der Waals surface area contributed by atoms with E-state index in [1.165, 1.54) is 24.8 Å². The van der Waals surface area contributed by atoms with Gasteiger partial charge in [0, 0.05) is 24.8 Å². The van der Waals surface area contributed by atoms with Gasteiger partial charge in [-0.05, 0) is 36.3 Å². The summed E-state index contributed by atoms with van der Waals surface area (Å²) in [6, 6.07) is 4.70. The van der Waals surface area contributed by atoms with Gasteiger partial charge in [0.05, 0.1) is 7.11 Å². The molecule has 1 fully saturated rings. The van der Waals surface area contributed by atoms with Gasteiger partial charge >= 0.3 is 0 Å². The molecule has 100 valence electrons. The Labute approximate surface area is 110 Å². The monoisotopic (exact) mass is 248 g/mol. The lowest BCUT2D eigenvalue weighted by Crippen LogP contribution is -2.39. The third-order valence-electron chi connectivity index (χ3n) is 4.03. The summed E-state index contributed by atoms with van der Waals surface area (Å²) < 4.78 is 5.15. The second kappa shape index (κ2) is 6.19. The summed E-state index contributed by atoms with van der Waals surface area (Å²) >= 11 is 0. The summed E-state index contributed by atoms with van der Waals surface area (Å²) in [5, 5.41) is 3.69. The molecule has 0 saturated heterocycles. The molecule has 1 saturated carbocycles. The summed E-state index contributed by atoms with van der Waals surface area (Å²) in [5.41, 5.74) is 1.24. The van der Waals surface area contributed by atoms with E-state index in [4.69, 9.17) is 4.74 Å². The maximum atomic E-state index is 5.15. The first-order valence-corrected chi connectivity index (χ1v) is 6.91. The molecular weight excluding hydrogens is 224 g/mol. The zero-order valence-electron chi connectivity index (χ0n) is 11.6. The van der Waals surface area contributed by atoms with E-state index in [0.717, 1.165) is 18.4 Å². The standard InChI is InChI=1S/C15H24N2O/c1-11-4-5-12(2)14(8-11)17-10-13-6-7-16-15(9-13)18-3/h6-7,9,11-12,14,17H,4-5,8,10H2,1-3H3. The van der Waals surface area contributed by atoms with Gasteiger partial charge < -0.3 is 10.1 Å². The number of pyridine rings is 1. The molecule has 1 heterocycles. The van der Waals surface area contributed by atoms with Crippen LogP contribution in [0.25, 0.3) is 0 Å². The van der Waals surface area contributed by atoms with Crippen molar-refractivity contribution in [3.8, 4) is 5.88 Å². The molecule has 1 aromatic rings. The first kappa shape index (κ1) is 13.3. The van der Waals surface area contributed by atoms with Crippen molar-refractivity contribution in [2.75, 3.05) is 7.11 Å². The highest BCUT2D eigenvalue weighted by molar-refractivity contribution is 5.20. The predicted molar refractivity (Wildman–Crippen MR) is 73.6 cm³/mol. The number of ether oxygens (including phenoxy) is 1. The van der Waals surface area contributed by atoms with Crippen LogP contribution in [0.2, 0.25) is 0 Å². The summed E-state index contributed by atoms with van der Waals surface area (Å²) in [7, 11) is 1.66. The second-order valence-corrected chi connectivity index (χ2v) is 5.59. The normalized spacial score (nSPS) is 28.1. The summed E-state index contributed by atoms with van der Waals surface area (Å²) in [6.07, 6.45) is 5.83. The van der Waals surface area contributed by atoms with Crippen molar-refractivity contribution in [3.05, 3.63) is 23.9 Å². The second-order valence-electron chi connectivity index (χ2n) is 5.59. The number of aromatic nitrogens is 1. The third-order valence-corrected chi connectivity index (χ3v) is 4.03. The molecule has 3 nitrogen and oxygen atoms in total. The zero-order chi connectivity index (χ0) is 13.0. The van der Waals surface area contributed by atoms with Crippen molar-refractivity contribution >= 4 is 0 Å². The number of methoxy groups -OCH3 is 1. The van der Waals surface area contributed by atoms with Crippen LogP contribution in [0.5, 0.6) is 5.88 Å². The molecule has 1 N–H and O–H groups in total. The molecule has 0 aliphatic heterocycles. The third kappa shape index (κ3) is 3.45. The van der Waals surface area contributed by atoms with Crippen molar-refractivity contribution in [2.24, 2.45) is 11.8 Å². The molecule has 1 aliphatic carbocycles. The fourth-order valence-corrected chi connectivity index (χ4v) is 2.74. The van der Waals surface area contributed by atoms with Crippen molar-refractivity contribution in [3.63, 3.8) is 0 Å². The highest BCUT2D eigenvalue weighted by Crippen LogP contribution is 2.28. The average Bonchev–Trinajstić information content (AvgIpc) is 2.40. The molecule has 0 aromatic carbocycles. The van der Waals surface area contributed by atoms with E-state index in [9.17, 15) is 0 Å². The molecular formula is C15H24N2O. The van der Waals surface area contributed by atoms with Crippen LogP contribution in [0.15, 0.2) is 18.3 Å². The Bertz CT molecular complexity index is 381. The maximum Gasteiger partial charge on any atom is 0.213 e. The van der Waals surface area contributed by atoms with E-state index in [2.05, 4.69) is 24.1 Å². The van der Waals surface area contributed by atoms with Gasteiger partial charge in [-0.3, -0.25) is 0 Å². The van der Waals surface area contributed by atoms with Gasteiger partial charge in [-0.15, -0.1) is 0 Å². The summed E-state index contributed by atoms with van der Waals surface area (Å²) in [4.78, 5) is 4.13. The van der Waals surface area contributed by atoms with Gasteiger partial charge in [-0.1, -0.05) is 20.3 Å². The molecule has 3 unspecified atom stereocenters. The first-order chi connectivity index (χ1) is 8.69. The van der Waals surface area contributed by atoms with Gasteiger partial charge in [-0.25, -0.2) is 4.98 Å². The van der Waals surface area contributed by atoms with Crippen molar-refractivity contribution in [1.29, 1.82) is 0 Å². The SMILES string of the molecule is COc1cc(CNC2CC(C)CCC2C)ccn1. The van der Waals surface area contributed by atoms with E-state index >= 15 is 0 Å². The fraction of sp³-hybridized carbons (Fsp3) is 0.667. The summed E-state index contributed by atoms with van der Waals surface area (Å²) in [6.45, 7) is 5.62. The van der Waals surface area contributed by atoms with Crippen LogP contribution in [-0.2, 0) is 6.54 Å². The Morgan fingerprint density at radius 2 is 2.22 bits per heavy atom. The molecule has 0 radical (unpaired) electrons. The number of rotatable bonds is 4. The topological polar surface area (TPSA) is 34.1 Å². The van der Waals surface area contributed by atoms with Crippen LogP contribution in [0.1, 0.15) is 38.7 Å². The molecule has 1 aliphatic rings. The van der Waals surface area contributed by atoms with Gasteiger partial charge in [0.1, 0.15) is 0 Å². The van der Waals surface area contributed by atoms with Crippen LogP contribution in [-0.4, -0.2) is 18.1 Å². The smallest absolute Gasteiger partial charge is 0.213 e. The van der Waals surface area contributed by atoms with Crippen LogP contribution in [0, 0.1) is 11.8 Å². The minimum Gasteiger partial charge on any atom is -0.481 e. The van der Waals surface area contributed by atoms with Gasteiger partial charge in [0.15, 0.2) is 0 Å². The molecule has 0 amide bonds. The molecule has 3 heteroatoms. The largest absolute Gasteiger partial charge is 0.481 e. The molecule has 3 atom stereocenters.